The Balaban J connectivity index is 2.07. The third-order valence-corrected chi connectivity index (χ3v) is 3.17. The fraction of sp³-hybridized carbons (Fsp3) is 0.0833. The van der Waals surface area contributed by atoms with E-state index < -0.39 is 0 Å². The van der Waals surface area contributed by atoms with Gasteiger partial charge in [0.1, 0.15) is 17.8 Å². The molecule has 0 saturated carbocycles. The highest BCUT2D eigenvalue weighted by Crippen LogP contribution is 2.25. The zero-order valence-electron chi connectivity index (χ0n) is 9.72. The van der Waals surface area contributed by atoms with Crippen molar-refractivity contribution in [2.75, 3.05) is 5.73 Å². The van der Waals surface area contributed by atoms with E-state index in [1.165, 1.54) is 18.7 Å². The first-order chi connectivity index (χ1) is 9.16. The SMILES string of the molecule is Nc1ncn(Cc2c(F)cccc2Cl)c2ncnc1-2. The minimum Gasteiger partial charge on any atom is -0.382 e. The Morgan fingerprint density at radius 2 is 2.11 bits per heavy atom. The summed E-state index contributed by atoms with van der Waals surface area (Å²) in [5.74, 6) is 0.472. The standard InChI is InChI=1S/C12H9ClFN5/c13-8-2-1-3-9(14)7(8)4-19-6-18-11(15)10-12(19)17-5-16-10/h1-3,5-6H,4,15H2. The molecular weight excluding hydrogens is 269 g/mol. The second-order valence-corrected chi connectivity index (χ2v) is 4.41. The van der Waals surface area contributed by atoms with Crippen molar-refractivity contribution in [3.05, 3.63) is 47.3 Å². The maximum absolute atomic E-state index is 13.8. The minimum atomic E-state index is -0.371. The lowest BCUT2D eigenvalue weighted by Crippen LogP contribution is -2.10. The third-order valence-electron chi connectivity index (χ3n) is 2.82. The Hall–Kier alpha value is -2.21. The predicted octanol–water partition coefficient (Wildman–Crippen LogP) is 2.20. The van der Waals surface area contributed by atoms with Gasteiger partial charge in [0.2, 0.25) is 0 Å². The van der Waals surface area contributed by atoms with Crippen molar-refractivity contribution in [1.82, 2.24) is 19.5 Å². The number of fused-ring (bicyclic) bond motifs is 1. The van der Waals surface area contributed by atoms with Crippen LogP contribution in [0.4, 0.5) is 10.2 Å². The van der Waals surface area contributed by atoms with E-state index in [9.17, 15) is 4.39 Å². The number of imidazole rings is 1. The molecular formula is C12H9ClFN5. The smallest absolute Gasteiger partial charge is 0.165 e. The van der Waals surface area contributed by atoms with E-state index in [0.29, 0.717) is 27.9 Å². The normalized spacial score (nSPS) is 11.1. The topological polar surface area (TPSA) is 69.6 Å². The molecule has 1 aromatic carbocycles. The van der Waals surface area contributed by atoms with Gasteiger partial charge < -0.3 is 10.3 Å². The van der Waals surface area contributed by atoms with Gasteiger partial charge in [-0.1, -0.05) is 17.7 Å². The molecule has 1 aromatic rings. The van der Waals surface area contributed by atoms with Gasteiger partial charge in [-0.2, -0.15) is 0 Å². The van der Waals surface area contributed by atoms with Gasteiger partial charge in [0.15, 0.2) is 11.6 Å². The van der Waals surface area contributed by atoms with Crippen molar-refractivity contribution >= 4 is 17.4 Å². The molecule has 0 atom stereocenters. The number of nitrogens with two attached hydrogens (primary N) is 1. The van der Waals surface area contributed by atoms with E-state index in [2.05, 4.69) is 15.0 Å². The number of nitrogen functional groups attached to an aromatic ring is 1. The summed E-state index contributed by atoms with van der Waals surface area (Å²) in [6.07, 6.45) is 2.89. The molecule has 2 aliphatic heterocycles. The zero-order chi connectivity index (χ0) is 13.4. The number of benzene rings is 1. The van der Waals surface area contributed by atoms with E-state index in [-0.39, 0.29) is 12.4 Å². The first-order valence-electron chi connectivity index (χ1n) is 5.51. The summed E-state index contributed by atoms with van der Waals surface area (Å²) in [6.45, 7) is 0.216. The fourth-order valence-corrected chi connectivity index (χ4v) is 2.09. The first kappa shape index (κ1) is 11.9. The van der Waals surface area contributed by atoms with E-state index in [1.807, 2.05) is 0 Å². The Morgan fingerprint density at radius 1 is 1.26 bits per heavy atom. The van der Waals surface area contributed by atoms with Crippen molar-refractivity contribution in [3.8, 4) is 11.5 Å². The molecule has 96 valence electrons. The summed E-state index contributed by atoms with van der Waals surface area (Å²) in [4.78, 5) is 12.1. The number of rotatable bonds is 2. The van der Waals surface area contributed by atoms with E-state index in [4.69, 9.17) is 17.3 Å². The molecule has 5 nitrogen and oxygen atoms in total. The molecule has 2 N–H and O–H groups in total. The molecule has 0 spiro atoms. The van der Waals surface area contributed by atoms with Crippen molar-refractivity contribution in [2.45, 2.75) is 6.54 Å². The molecule has 19 heavy (non-hydrogen) atoms. The van der Waals surface area contributed by atoms with Crippen LogP contribution in [-0.2, 0) is 6.54 Å². The molecule has 3 rings (SSSR count). The van der Waals surface area contributed by atoms with Gasteiger partial charge in [-0.15, -0.1) is 0 Å². The molecule has 7 heteroatoms. The minimum absolute atomic E-state index is 0.216. The highest BCUT2D eigenvalue weighted by atomic mass is 35.5. The van der Waals surface area contributed by atoms with Gasteiger partial charge in [0.05, 0.1) is 12.9 Å². The van der Waals surface area contributed by atoms with Crippen molar-refractivity contribution in [3.63, 3.8) is 0 Å². The van der Waals surface area contributed by atoms with Crippen LogP contribution in [0.5, 0.6) is 0 Å². The maximum Gasteiger partial charge on any atom is 0.165 e. The van der Waals surface area contributed by atoms with Gasteiger partial charge in [0.25, 0.3) is 0 Å². The Morgan fingerprint density at radius 3 is 2.89 bits per heavy atom. The number of hydrogen-bond donors (Lipinski definition) is 1. The van der Waals surface area contributed by atoms with Crippen molar-refractivity contribution in [1.29, 1.82) is 0 Å². The first-order valence-corrected chi connectivity index (χ1v) is 5.89. The lowest BCUT2D eigenvalue weighted by molar-refractivity contribution is 0.597. The molecule has 0 bridgehead atoms. The van der Waals surface area contributed by atoms with Crippen LogP contribution in [-0.4, -0.2) is 19.5 Å². The van der Waals surface area contributed by atoms with Crippen LogP contribution in [0, 0.1) is 5.82 Å². The summed E-state index contributed by atoms with van der Waals surface area (Å²) >= 11 is 6.00. The molecule has 2 aliphatic rings. The van der Waals surface area contributed by atoms with E-state index in [1.54, 1.807) is 16.7 Å². The molecule has 0 radical (unpaired) electrons. The van der Waals surface area contributed by atoms with Crippen LogP contribution in [0.25, 0.3) is 11.5 Å². The largest absolute Gasteiger partial charge is 0.382 e. The van der Waals surface area contributed by atoms with Crippen LogP contribution < -0.4 is 5.73 Å². The quantitative estimate of drug-likeness (QED) is 0.780. The molecule has 2 heterocycles. The van der Waals surface area contributed by atoms with Gasteiger partial charge in [-0.05, 0) is 12.1 Å². The molecule has 0 amide bonds. The van der Waals surface area contributed by atoms with Gasteiger partial charge in [0, 0.05) is 10.6 Å². The average Bonchev–Trinajstić information content (AvgIpc) is 2.87. The van der Waals surface area contributed by atoms with Gasteiger partial charge >= 0.3 is 0 Å². The van der Waals surface area contributed by atoms with Gasteiger partial charge in [-0.25, -0.2) is 19.3 Å². The third kappa shape index (κ3) is 2.00. The second kappa shape index (κ2) is 4.47. The number of nitrogens with zero attached hydrogens (tertiary/aromatic N) is 4. The Bertz CT molecular complexity index is 691. The summed E-state index contributed by atoms with van der Waals surface area (Å²) in [6, 6.07) is 4.56. The molecule has 0 unspecified atom stereocenters. The number of aromatic nitrogens is 4. The van der Waals surface area contributed by atoms with Crippen LogP contribution in [0.3, 0.4) is 0 Å². The summed E-state index contributed by atoms with van der Waals surface area (Å²) in [5, 5.41) is 0.358. The highest BCUT2D eigenvalue weighted by Gasteiger charge is 2.16. The van der Waals surface area contributed by atoms with E-state index in [0.717, 1.165) is 0 Å². The van der Waals surface area contributed by atoms with Crippen molar-refractivity contribution < 1.29 is 4.39 Å². The molecule has 0 saturated heterocycles. The summed E-state index contributed by atoms with van der Waals surface area (Å²) in [5.41, 5.74) is 6.57. The second-order valence-electron chi connectivity index (χ2n) is 4.00. The Labute approximate surface area is 113 Å². The Kier molecular flexibility index (Phi) is 2.79. The van der Waals surface area contributed by atoms with Gasteiger partial charge in [-0.3, -0.25) is 0 Å². The predicted molar refractivity (Wildman–Crippen MR) is 69.4 cm³/mol. The molecule has 0 fully saturated rings. The molecule has 0 aliphatic carbocycles. The average molecular weight is 278 g/mol. The monoisotopic (exact) mass is 277 g/mol. The number of hydrogen-bond acceptors (Lipinski definition) is 4. The van der Waals surface area contributed by atoms with Crippen LogP contribution >= 0.6 is 11.6 Å². The lowest BCUT2D eigenvalue weighted by Gasteiger charge is -2.12. The summed E-state index contributed by atoms with van der Waals surface area (Å²) < 4.78 is 15.4. The zero-order valence-corrected chi connectivity index (χ0v) is 10.5. The highest BCUT2D eigenvalue weighted by molar-refractivity contribution is 6.31. The van der Waals surface area contributed by atoms with Crippen LogP contribution in [0.15, 0.2) is 30.9 Å². The number of halogens is 2. The fourth-order valence-electron chi connectivity index (χ4n) is 1.87. The summed E-state index contributed by atoms with van der Waals surface area (Å²) in [7, 11) is 0. The van der Waals surface area contributed by atoms with Crippen LogP contribution in [0.1, 0.15) is 5.56 Å². The molecule has 0 aromatic heterocycles. The lowest BCUT2D eigenvalue weighted by atomic mass is 10.2. The number of anilines is 1. The van der Waals surface area contributed by atoms with E-state index >= 15 is 0 Å². The van der Waals surface area contributed by atoms with Crippen LogP contribution in [0.2, 0.25) is 5.02 Å². The maximum atomic E-state index is 13.8. The van der Waals surface area contributed by atoms with Crippen molar-refractivity contribution in [2.24, 2.45) is 0 Å².